The Balaban J connectivity index is 1.84. The van der Waals surface area contributed by atoms with Crippen LogP contribution >= 0.6 is 22.0 Å². The highest BCUT2D eigenvalue weighted by molar-refractivity contribution is 8.45. The van der Waals surface area contributed by atoms with Gasteiger partial charge >= 0.3 is 16.2 Å². The minimum absolute atomic E-state index is 0.0196. The molecule has 1 heterocycles. The molecule has 2 aromatic rings. The van der Waals surface area contributed by atoms with E-state index in [2.05, 4.69) is 4.98 Å². The maximum absolute atomic E-state index is 12.9. The van der Waals surface area contributed by atoms with Gasteiger partial charge in [0.2, 0.25) is 0 Å². The summed E-state index contributed by atoms with van der Waals surface area (Å²) in [4.78, 5) is 27.5. The van der Waals surface area contributed by atoms with Crippen molar-refractivity contribution in [1.29, 1.82) is 0 Å². The van der Waals surface area contributed by atoms with Crippen LogP contribution in [0.1, 0.15) is 60.3 Å². The molecule has 0 atom stereocenters. The molecule has 0 unspecified atom stereocenters. The van der Waals surface area contributed by atoms with Gasteiger partial charge in [0, 0.05) is 19.0 Å². The Kier molecular flexibility index (Phi) is 9.46. The molecule has 0 saturated carbocycles. The predicted octanol–water partition coefficient (Wildman–Crippen LogP) is 8.62. The first-order valence-corrected chi connectivity index (χ1v) is 15.4. The molecule has 0 radical (unpaired) electrons. The van der Waals surface area contributed by atoms with E-state index in [-0.39, 0.29) is 41.1 Å². The number of rotatable bonds is 13. The predicted molar refractivity (Wildman–Crippen MR) is 144 cm³/mol. The summed E-state index contributed by atoms with van der Waals surface area (Å²) in [5, 5.41) is 0.443. The lowest BCUT2D eigenvalue weighted by Gasteiger charge is -2.40. The van der Waals surface area contributed by atoms with Crippen LogP contribution in [0.25, 0.3) is 11.1 Å². The summed E-state index contributed by atoms with van der Waals surface area (Å²) in [6.07, 6.45) is 4.64. The van der Waals surface area contributed by atoms with Crippen molar-refractivity contribution in [1.82, 2.24) is 9.55 Å². The summed E-state index contributed by atoms with van der Waals surface area (Å²) < 4.78 is 71.5. The molecule has 0 fully saturated rings. The Morgan fingerprint density at radius 3 is 2.08 bits per heavy atom. The Morgan fingerprint density at radius 2 is 1.55 bits per heavy atom. The van der Waals surface area contributed by atoms with Gasteiger partial charge in [-0.15, -0.1) is 0 Å². The zero-order valence-electron chi connectivity index (χ0n) is 22.6. The van der Waals surface area contributed by atoms with Crippen molar-refractivity contribution in [3.63, 3.8) is 0 Å². The number of thioether (sulfide) groups is 1. The van der Waals surface area contributed by atoms with E-state index in [1.54, 1.807) is 0 Å². The van der Waals surface area contributed by atoms with Crippen molar-refractivity contribution in [2.45, 2.75) is 70.4 Å². The van der Waals surface area contributed by atoms with E-state index < -0.39 is 26.1 Å². The normalized spacial score (nSPS) is 14.4. The van der Waals surface area contributed by atoms with Gasteiger partial charge in [0.05, 0.1) is 17.6 Å². The SMILES string of the molecule is CC(C)C(C)(C(=O)OCCCCCCSc1ncc(-c2ccc(S(F)(F)(F)(F)F)cc2)c(=O)n1C)C(C)C. The molecule has 1 aromatic carbocycles. The van der Waals surface area contributed by atoms with Crippen LogP contribution < -0.4 is 5.56 Å². The van der Waals surface area contributed by atoms with Crippen molar-refractivity contribution in [3.05, 3.63) is 40.8 Å². The van der Waals surface area contributed by atoms with Crippen LogP contribution in [-0.4, -0.2) is 27.9 Å². The van der Waals surface area contributed by atoms with Crippen LogP contribution in [0.15, 0.2) is 45.3 Å². The molecule has 216 valence electrons. The summed E-state index contributed by atoms with van der Waals surface area (Å²) in [6.45, 7) is 10.4. The average Bonchev–Trinajstić information content (AvgIpc) is 2.81. The van der Waals surface area contributed by atoms with E-state index in [0.29, 0.717) is 17.5 Å². The number of ether oxygens (including phenoxy) is 1. The lowest BCUT2D eigenvalue weighted by Crippen LogP contribution is -2.39. The molecular weight excluding hydrogens is 547 g/mol. The fourth-order valence-electron chi connectivity index (χ4n) is 3.93. The second-order valence-corrected chi connectivity index (χ2v) is 13.8. The molecular formula is C26H37F5N2O3S2. The number of carbonyl (C=O) groups is 1. The first kappa shape index (κ1) is 32.1. The summed E-state index contributed by atoms with van der Waals surface area (Å²) in [7, 11) is -8.28. The molecule has 0 spiro atoms. The molecule has 0 amide bonds. The van der Waals surface area contributed by atoms with E-state index in [9.17, 15) is 29.0 Å². The number of unbranched alkanes of at least 4 members (excludes halogenated alkanes) is 3. The van der Waals surface area contributed by atoms with Gasteiger partial charge in [0.1, 0.15) is 4.90 Å². The van der Waals surface area contributed by atoms with Crippen LogP contribution in [0.2, 0.25) is 0 Å². The highest BCUT2D eigenvalue weighted by Crippen LogP contribution is 3.02. The fourth-order valence-corrected chi connectivity index (χ4v) is 5.52. The molecule has 5 nitrogen and oxygen atoms in total. The van der Waals surface area contributed by atoms with E-state index in [4.69, 9.17) is 4.74 Å². The quantitative estimate of drug-likeness (QED) is 0.0776. The topological polar surface area (TPSA) is 61.2 Å². The number of hydrogen-bond donors (Lipinski definition) is 0. The van der Waals surface area contributed by atoms with Crippen molar-refractivity contribution in [3.8, 4) is 11.1 Å². The summed E-state index contributed by atoms with van der Waals surface area (Å²) in [5.74, 6) is 0.880. The second-order valence-electron chi connectivity index (χ2n) is 10.3. The number of halogens is 5. The molecule has 0 bridgehead atoms. The highest BCUT2D eigenvalue weighted by Gasteiger charge is 2.65. The minimum Gasteiger partial charge on any atom is -0.465 e. The number of esters is 1. The van der Waals surface area contributed by atoms with Crippen LogP contribution in [-0.2, 0) is 16.6 Å². The number of benzene rings is 1. The third-order valence-electron chi connectivity index (χ3n) is 7.08. The van der Waals surface area contributed by atoms with Crippen molar-refractivity contribution < 1.29 is 29.0 Å². The molecule has 0 N–H and O–H groups in total. The molecule has 0 aliphatic carbocycles. The molecule has 0 saturated heterocycles. The van der Waals surface area contributed by atoms with Gasteiger partial charge in [-0.25, -0.2) is 4.98 Å². The number of aromatic nitrogens is 2. The van der Waals surface area contributed by atoms with Gasteiger partial charge in [0.25, 0.3) is 5.56 Å². The maximum Gasteiger partial charge on any atom is 0.312 e. The van der Waals surface area contributed by atoms with Gasteiger partial charge in [0.15, 0.2) is 5.16 Å². The molecule has 1 aromatic heterocycles. The van der Waals surface area contributed by atoms with Gasteiger partial charge in [-0.3, -0.25) is 14.2 Å². The van der Waals surface area contributed by atoms with E-state index in [1.807, 2.05) is 34.6 Å². The van der Waals surface area contributed by atoms with Crippen LogP contribution in [0.3, 0.4) is 0 Å². The fraction of sp³-hybridized carbons (Fsp3) is 0.577. The maximum atomic E-state index is 12.9. The third kappa shape index (κ3) is 7.97. The Morgan fingerprint density at radius 1 is 1.00 bits per heavy atom. The highest BCUT2D eigenvalue weighted by atomic mass is 32.5. The summed E-state index contributed by atoms with van der Waals surface area (Å²) in [6, 6.07) is 2.27. The van der Waals surface area contributed by atoms with Gasteiger partial charge in [-0.1, -0.05) is 83.9 Å². The van der Waals surface area contributed by atoms with Crippen LogP contribution in [0, 0.1) is 17.3 Å². The number of hydrogen-bond acceptors (Lipinski definition) is 5. The lowest BCUT2D eigenvalue weighted by molar-refractivity contribution is -0.161. The largest absolute Gasteiger partial charge is 0.465 e. The standard InChI is InChI=1S/C26H37F5N2O3S2/c1-18(2)26(5,19(3)4)24(35)36-15-9-7-8-10-16-37-25-32-17-22(23(34)33(25)6)20-11-13-21(14-12-20)38(27,28,29,30)31/h11-14,17-19H,7-10,15-16H2,1-6H3. The average molecular weight is 585 g/mol. The Hall–Kier alpha value is -2.08. The summed E-state index contributed by atoms with van der Waals surface area (Å²) in [5.41, 5.74) is -0.911. The molecule has 12 heteroatoms. The third-order valence-corrected chi connectivity index (χ3v) is 9.37. The van der Waals surface area contributed by atoms with Gasteiger partial charge in [-0.2, -0.15) is 0 Å². The Labute approximate surface area is 225 Å². The molecule has 0 aliphatic heterocycles. The second kappa shape index (κ2) is 11.2. The van der Waals surface area contributed by atoms with Gasteiger partial charge in [-0.05, 0) is 49.3 Å². The van der Waals surface area contributed by atoms with E-state index in [1.165, 1.54) is 29.6 Å². The van der Waals surface area contributed by atoms with Crippen molar-refractivity contribution in [2.24, 2.45) is 24.3 Å². The zero-order chi connectivity index (χ0) is 29.0. The summed E-state index contributed by atoms with van der Waals surface area (Å²) >= 11 is 1.37. The van der Waals surface area contributed by atoms with Gasteiger partial charge < -0.3 is 4.74 Å². The molecule has 2 rings (SSSR count). The van der Waals surface area contributed by atoms with E-state index >= 15 is 0 Å². The first-order valence-electron chi connectivity index (χ1n) is 12.5. The van der Waals surface area contributed by atoms with Crippen LogP contribution in [0.4, 0.5) is 19.4 Å². The van der Waals surface area contributed by atoms with Crippen molar-refractivity contribution in [2.75, 3.05) is 12.4 Å². The number of carbonyl (C=O) groups excluding carboxylic acids is 1. The molecule has 38 heavy (non-hydrogen) atoms. The van der Waals surface area contributed by atoms with E-state index in [0.717, 1.165) is 37.8 Å². The lowest BCUT2D eigenvalue weighted by atomic mass is 9.70. The Bertz CT molecular complexity index is 1170. The zero-order valence-corrected chi connectivity index (χ0v) is 24.2. The monoisotopic (exact) mass is 584 g/mol. The van der Waals surface area contributed by atoms with Crippen molar-refractivity contribution >= 4 is 28.0 Å². The number of nitrogens with zero attached hydrogens (tertiary/aromatic N) is 2. The molecule has 0 aliphatic rings. The first-order chi connectivity index (χ1) is 17.3. The van der Waals surface area contributed by atoms with Crippen LogP contribution in [0.5, 0.6) is 0 Å². The smallest absolute Gasteiger partial charge is 0.312 e. The minimum atomic E-state index is -9.78.